The highest BCUT2D eigenvalue weighted by atomic mass is 35.5. The summed E-state index contributed by atoms with van der Waals surface area (Å²) in [5, 5.41) is 3.59. The number of thioether (sulfide) groups is 1. The molecule has 2 saturated heterocycles. The summed E-state index contributed by atoms with van der Waals surface area (Å²) in [4.78, 5) is 12.5. The maximum Gasteiger partial charge on any atom is 0.501 e. The number of ether oxygens (including phenoxy) is 1. The molecule has 2 fully saturated rings. The molecule has 0 saturated carbocycles. The van der Waals surface area contributed by atoms with Gasteiger partial charge in [0.05, 0.1) is 29.5 Å². The zero-order chi connectivity index (χ0) is 49.0. The fraction of sp³-hybridized carbons (Fsp3) is 0.404. The lowest BCUT2D eigenvalue weighted by atomic mass is 9.96. The van der Waals surface area contributed by atoms with Crippen molar-refractivity contribution in [3.8, 4) is 11.1 Å². The number of nitrogens with one attached hydrogen (secondary N) is 2. The third-order valence-corrected chi connectivity index (χ3v) is 16.8. The van der Waals surface area contributed by atoms with Gasteiger partial charge in [0.1, 0.15) is 10.7 Å². The molecule has 22 heteroatoms. The van der Waals surface area contributed by atoms with Gasteiger partial charge >= 0.3 is 11.7 Å². The molecule has 3 aliphatic heterocycles. The number of sulfone groups is 1. The molecule has 0 bridgehead atoms. The lowest BCUT2D eigenvalue weighted by molar-refractivity contribution is -0.145. The molecule has 0 amide bonds. The van der Waals surface area contributed by atoms with Crippen molar-refractivity contribution in [2.24, 2.45) is 0 Å². The summed E-state index contributed by atoms with van der Waals surface area (Å²) in [6.45, 7) is 5.21. The number of alkyl halides is 6. The molecule has 1 unspecified atom stereocenters. The van der Waals surface area contributed by atoms with E-state index in [9.17, 15) is 43.2 Å². The predicted octanol–water partition coefficient (Wildman–Crippen LogP) is 9.23. The van der Waals surface area contributed by atoms with Gasteiger partial charge in [-0.25, -0.2) is 26.8 Å². The lowest BCUT2D eigenvalue weighted by Crippen LogP contribution is -2.46. The van der Waals surface area contributed by atoms with Crippen LogP contribution in [0, 0.1) is 0 Å². The zero-order valence-corrected chi connectivity index (χ0v) is 40.4. The number of nitrogens with zero attached hydrogens (tertiary/aromatic N) is 5. The Morgan fingerprint density at radius 1 is 0.812 bits per heavy atom. The van der Waals surface area contributed by atoms with Crippen LogP contribution in [0.3, 0.4) is 0 Å². The van der Waals surface area contributed by atoms with E-state index in [0.29, 0.717) is 95.1 Å². The molecule has 0 aliphatic carbocycles. The molecule has 1 atom stereocenters. The van der Waals surface area contributed by atoms with Gasteiger partial charge in [-0.2, -0.15) is 26.3 Å². The van der Waals surface area contributed by atoms with Crippen LogP contribution in [0.2, 0.25) is 5.02 Å². The Morgan fingerprint density at radius 3 is 2.20 bits per heavy atom. The largest absolute Gasteiger partial charge is 0.501 e. The molecular weight excluding hydrogens is 988 g/mol. The van der Waals surface area contributed by atoms with Crippen molar-refractivity contribution < 1.29 is 47.9 Å². The maximum atomic E-state index is 14.4. The van der Waals surface area contributed by atoms with E-state index in [2.05, 4.69) is 41.9 Å². The molecule has 0 radical (unpaired) electrons. The molecule has 4 aromatic carbocycles. The van der Waals surface area contributed by atoms with Crippen molar-refractivity contribution in [1.82, 2.24) is 24.7 Å². The standard InChI is InChI=1S/C47H50ClF6N7O5S3/c48-34-12-10-32(11-13-34)39-9-5-4-6-33(39)29-60-21-17-36(18-22-60)61-23-19-40-42(30-61)56-45(46(49,50)51)57-44(40)58-69(64,65)38-14-15-41(43(28-38)68(62,63)47(52,53)54)55-35(16-20-59-24-26-66-27-25-59)31-67-37-7-2-1-3-8-37/h1-15,28,35-36,55H,16-27,29-31H2,(H,56,57,58). The number of aromatic nitrogens is 2. The molecule has 1 aromatic heterocycles. The van der Waals surface area contributed by atoms with Gasteiger partial charge < -0.3 is 10.1 Å². The Kier molecular flexibility index (Phi) is 15.8. The molecular formula is C47H50ClF6N7O5S3. The average molecular weight is 1040 g/mol. The first-order valence-corrected chi connectivity index (χ1v) is 26.7. The first kappa shape index (κ1) is 50.9. The predicted molar refractivity (Wildman–Crippen MR) is 253 cm³/mol. The second-order valence-corrected chi connectivity index (χ2v) is 22.3. The number of benzene rings is 4. The molecule has 0 spiro atoms. The van der Waals surface area contributed by atoms with Crippen LogP contribution in [-0.4, -0.2) is 117 Å². The molecule has 4 heterocycles. The minimum absolute atomic E-state index is 0.0117. The summed E-state index contributed by atoms with van der Waals surface area (Å²) >= 11 is 7.52. The summed E-state index contributed by atoms with van der Waals surface area (Å²) in [6.07, 6.45) is -3.23. The van der Waals surface area contributed by atoms with Gasteiger partial charge in [0, 0.05) is 72.6 Å². The van der Waals surface area contributed by atoms with E-state index in [1.165, 1.54) is 11.8 Å². The van der Waals surface area contributed by atoms with Gasteiger partial charge in [0.15, 0.2) is 0 Å². The third kappa shape index (κ3) is 12.5. The topological polar surface area (TPSA) is 137 Å². The van der Waals surface area contributed by atoms with Gasteiger partial charge in [0.2, 0.25) is 5.82 Å². The van der Waals surface area contributed by atoms with Gasteiger partial charge in [-0.15, -0.1) is 11.8 Å². The molecule has 69 heavy (non-hydrogen) atoms. The molecule has 12 nitrogen and oxygen atoms in total. The van der Waals surface area contributed by atoms with Crippen molar-refractivity contribution in [3.05, 3.63) is 125 Å². The van der Waals surface area contributed by atoms with E-state index in [1.807, 2.05) is 71.6 Å². The van der Waals surface area contributed by atoms with Crippen molar-refractivity contribution in [2.45, 2.75) is 77.2 Å². The Bertz CT molecular complexity index is 2800. The van der Waals surface area contributed by atoms with Crippen LogP contribution in [0.25, 0.3) is 11.1 Å². The van der Waals surface area contributed by atoms with E-state index in [1.54, 1.807) is 0 Å². The van der Waals surface area contributed by atoms with Crippen LogP contribution >= 0.6 is 23.4 Å². The zero-order valence-electron chi connectivity index (χ0n) is 37.1. The SMILES string of the molecule is O=S(=O)(Nc1nc(C(F)(F)F)nc2c1CCN(C1CCN(Cc3ccccc3-c3ccc(Cl)cc3)CC1)C2)c1ccc(NC(CCN2CCOCC2)CSc2ccccc2)c(S(=O)(=O)C(F)(F)F)c1. The van der Waals surface area contributed by atoms with Crippen molar-refractivity contribution in [2.75, 3.05) is 68.3 Å². The number of hydrogen-bond acceptors (Lipinski definition) is 12. The van der Waals surface area contributed by atoms with Gasteiger partial charge in [-0.1, -0.05) is 66.2 Å². The lowest BCUT2D eigenvalue weighted by Gasteiger charge is -2.40. The number of halogens is 7. The Hall–Kier alpha value is -4.48. The Balaban J connectivity index is 1.01. The minimum Gasteiger partial charge on any atom is -0.380 e. The fourth-order valence-electron chi connectivity index (χ4n) is 8.84. The summed E-state index contributed by atoms with van der Waals surface area (Å²) < 4.78 is 148. The summed E-state index contributed by atoms with van der Waals surface area (Å²) in [5.41, 5.74) is -3.00. The van der Waals surface area contributed by atoms with Gasteiger partial charge in [-0.05, 0) is 97.9 Å². The van der Waals surface area contributed by atoms with E-state index < -0.39 is 64.7 Å². The highest BCUT2D eigenvalue weighted by Crippen LogP contribution is 2.39. The summed E-state index contributed by atoms with van der Waals surface area (Å²) in [5.74, 6) is -1.99. The number of anilines is 2. The molecule has 3 aliphatic rings. The molecule has 8 rings (SSSR count). The van der Waals surface area contributed by atoms with E-state index in [0.717, 1.165) is 33.7 Å². The van der Waals surface area contributed by atoms with Crippen LogP contribution in [-0.2, 0) is 50.3 Å². The molecule has 2 N–H and O–H groups in total. The highest BCUT2D eigenvalue weighted by molar-refractivity contribution is 7.99. The van der Waals surface area contributed by atoms with Crippen molar-refractivity contribution in [1.29, 1.82) is 0 Å². The second kappa shape index (κ2) is 21.5. The highest BCUT2D eigenvalue weighted by Gasteiger charge is 2.49. The Labute approximate surface area is 406 Å². The van der Waals surface area contributed by atoms with Crippen LogP contribution in [0.15, 0.2) is 112 Å². The third-order valence-electron chi connectivity index (χ3n) is 12.5. The monoisotopic (exact) mass is 1040 g/mol. The van der Waals surface area contributed by atoms with E-state index >= 15 is 0 Å². The quantitative estimate of drug-likeness (QED) is 0.0721. The molecule has 5 aromatic rings. The number of piperidine rings is 1. The smallest absolute Gasteiger partial charge is 0.380 e. The minimum atomic E-state index is -6.18. The fourth-order valence-corrected chi connectivity index (χ4v) is 12.0. The van der Waals surface area contributed by atoms with Crippen LogP contribution in [0.4, 0.5) is 37.8 Å². The van der Waals surface area contributed by atoms with Gasteiger partial charge in [0.25, 0.3) is 19.9 Å². The van der Waals surface area contributed by atoms with Crippen LogP contribution < -0.4 is 10.0 Å². The van der Waals surface area contributed by atoms with E-state index in [-0.39, 0.29) is 30.3 Å². The van der Waals surface area contributed by atoms with Gasteiger partial charge in [-0.3, -0.25) is 19.4 Å². The number of morpholine rings is 1. The first-order valence-electron chi connectivity index (χ1n) is 22.3. The van der Waals surface area contributed by atoms with Crippen molar-refractivity contribution in [3.63, 3.8) is 0 Å². The second-order valence-electron chi connectivity index (χ2n) is 17.1. The van der Waals surface area contributed by atoms with Crippen molar-refractivity contribution >= 4 is 54.7 Å². The Morgan fingerprint density at radius 2 is 1.51 bits per heavy atom. The normalized spacial score (nSPS) is 17.6. The average Bonchev–Trinajstić information content (AvgIpc) is 3.33. The summed E-state index contributed by atoms with van der Waals surface area (Å²) in [6, 6.07) is 26.5. The number of hydrogen-bond donors (Lipinski definition) is 2. The number of likely N-dealkylation sites (tertiary alicyclic amines) is 1. The number of sulfonamides is 1. The van der Waals surface area contributed by atoms with Crippen LogP contribution in [0.5, 0.6) is 0 Å². The first-order chi connectivity index (χ1) is 32.8. The number of rotatable bonds is 16. The summed E-state index contributed by atoms with van der Waals surface area (Å²) in [7, 11) is -11.2. The van der Waals surface area contributed by atoms with E-state index in [4.69, 9.17) is 16.3 Å². The molecule has 370 valence electrons. The van der Waals surface area contributed by atoms with Crippen LogP contribution in [0.1, 0.15) is 41.9 Å². The number of fused-ring (bicyclic) bond motifs is 1. The maximum absolute atomic E-state index is 14.4.